The topological polar surface area (TPSA) is 37.3 Å². The molecule has 4 heteroatoms. The van der Waals surface area contributed by atoms with Crippen LogP contribution in [0.4, 0.5) is 4.39 Å². The maximum atomic E-state index is 13.1. The summed E-state index contributed by atoms with van der Waals surface area (Å²) in [5.74, 6) is -1.10. The summed E-state index contributed by atoms with van der Waals surface area (Å²) in [6.07, 6.45) is 2.15. The molecule has 1 aromatic carbocycles. The molecule has 0 spiro atoms. The summed E-state index contributed by atoms with van der Waals surface area (Å²) in [6.45, 7) is 0. The van der Waals surface area contributed by atoms with E-state index < -0.39 is 17.0 Å². The van der Waals surface area contributed by atoms with E-state index in [1.807, 2.05) is 0 Å². The van der Waals surface area contributed by atoms with Crippen LogP contribution in [0.3, 0.4) is 0 Å². The summed E-state index contributed by atoms with van der Waals surface area (Å²) < 4.78 is 13.7. The van der Waals surface area contributed by atoms with Crippen LogP contribution in [0, 0.1) is 5.82 Å². The second-order valence-corrected chi connectivity index (χ2v) is 4.47. The van der Waals surface area contributed by atoms with Gasteiger partial charge in [0.25, 0.3) is 0 Å². The van der Waals surface area contributed by atoms with Gasteiger partial charge in [-0.25, -0.2) is 4.39 Å². The Bertz CT molecular complexity index is 399. The fourth-order valence-electron chi connectivity index (χ4n) is 1.53. The molecule has 0 radical (unpaired) electrons. The number of halogens is 2. The number of hydrogen-bond acceptors (Lipinski definition) is 2. The standard InChI is InChI=1S/C10H8BrFO2/c11-6-3-7(9(14)8(12)4-6)10(5-13)1-2-10/h3-5,14H,1-2H2. The summed E-state index contributed by atoms with van der Waals surface area (Å²) in [5, 5.41) is 9.47. The van der Waals surface area contributed by atoms with Crippen molar-refractivity contribution >= 4 is 22.2 Å². The van der Waals surface area contributed by atoms with Gasteiger partial charge < -0.3 is 9.90 Å². The Balaban J connectivity index is 2.58. The number of rotatable bonds is 2. The van der Waals surface area contributed by atoms with Gasteiger partial charge in [-0.15, -0.1) is 0 Å². The van der Waals surface area contributed by atoms with Crippen LogP contribution in [-0.4, -0.2) is 11.4 Å². The zero-order valence-corrected chi connectivity index (χ0v) is 8.84. The molecule has 1 aliphatic carbocycles. The van der Waals surface area contributed by atoms with E-state index in [-0.39, 0.29) is 0 Å². The molecule has 0 saturated heterocycles. The van der Waals surface area contributed by atoms with E-state index in [1.54, 1.807) is 6.07 Å². The third-order valence-electron chi connectivity index (χ3n) is 2.58. The molecular weight excluding hydrogens is 251 g/mol. The highest BCUT2D eigenvalue weighted by Gasteiger charge is 2.46. The van der Waals surface area contributed by atoms with Gasteiger partial charge in [-0.05, 0) is 25.0 Å². The normalized spacial score (nSPS) is 17.9. The Labute approximate surface area is 88.9 Å². The van der Waals surface area contributed by atoms with Gasteiger partial charge in [-0.2, -0.15) is 0 Å². The van der Waals surface area contributed by atoms with Crippen LogP contribution in [-0.2, 0) is 10.2 Å². The second kappa shape index (κ2) is 3.05. The van der Waals surface area contributed by atoms with Crippen LogP contribution in [0.25, 0.3) is 0 Å². The Hall–Kier alpha value is -0.900. The third-order valence-corrected chi connectivity index (χ3v) is 3.04. The van der Waals surface area contributed by atoms with E-state index in [1.165, 1.54) is 6.07 Å². The molecule has 14 heavy (non-hydrogen) atoms. The lowest BCUT2D eigenvalue weighted by Crippen LogP contribution is -2.08. The van der Waals surface area contributed by atoms with Crippen LogP contribution in [0.1, 0.15) is 18.4 Å². The average Bonchev–Trinajstić information content (AvgIpc) is 2.92. The van der Waals surface area contributed by atoms with E-state index in [9.17, 15) is 14.3 Å². The Morgan fingerprint density at radius 2 is 2.14 bits per heavy atom. The first kappa shape index (κ1) is 9.65. The van der Waals surface area contributed by atoms with Gasteiger partial charge in [-0.1, -0.05) is 15.9 Å². The minimum absolute atomic E-state index is 0.388. The minimum Gasteiger partial charge on any atom is -0.505 e. The van der Waals surface area contributed by atoms with E-state index in [2.05, 4.69) is 15.9 Å². The molecule has 1 N–H and O–H groups in total. The molecule has 0 amide bonds. The van der Waals surface area contributed by atoms with Crippen molar-refractivity contribution in [1.82, 2.24) is 0 Å². The molecule has 0 bridgehead atoms. The summed E-state index contributed by atoms with van der Waals surface area (Å²) in [7, 11) is 0. The maximum Gasteiger partial charge on any atom is 0.166 e. The maximum absolute atomic E-state index is 13.1. The Morgan fingerprint density at radius 3 is 2.64 bits per heavy atom. The van der Waals surface area contributed by atoms with Crippen molar-refractivity contribution < 1.29 is 14.3 Å². The number of phenols is 1. The molecular formula is C10H8BrFO2. The highest BCUT2D eigenvalue weighted by atomic mass is 79.9. The van der Waals surface area contributed by atoms with Gasteiger partial charge in [0.15, 0.2) is 11.6 Å². The summed E-state index contributed by atoms with van der Waals surface area (Å²) >= 11 is 3.13. The predicted octanol–water partition coefficient (Wildman–Crippen LogP) is 2.52. The smallest absolute Gasteiger partial charge is 0.166 e. The molecule has 1 aromatic rings. The van der Waals surface area contributed by atoms with Crippen LogP contribution in [0.5, 0.6) is 5.75 Å². The first-order chi connectivity index (χ1) is 6.59. The zero-order chi connectivity index (χ0) is 10.3. The highest BCUT2D eigenvalue weighted by Crippen LogP contribution is 2.50. The van der Waals surface area contributed by atoms with E-state index in [4.69, 9.17) is 0 Å². The van der Waals surface area contributed by atoms with Crippen LogP contribution < -0.4 is 0 Å². The molecule has 0 heterocycles. The highest BCUT2D eigenvalue weighted by molar-refractivity contribution is 9.10. The average molecular weight is 259 g/mol. The number of carbonyl (C=O) groups excluding carboxylic acids is 1. The molecule has 2 rings (SSSR count). The van der Waals surface area contributed by atoms with E-state index >= 15 is 0 Å². The van der Waals surface area contributed by atoms with Crippen LogP contribution in [0.15, 0.2) is 16.6 Å². The molecule has 1 aliphatic rings. The van der Waals surface area contributed by atoms with Crippen molar-refractivity contribution in [3.8, 4) is 5.75 Å². The molecule has 0 aromatic heterocycles. The van der Waals surface area contributed by atoms with Gasteiger partial charge in [-0.3, -0.25) is 0 Å². The molecule has 2 nitrogen and oxygen atoms in total. The number of phenolic OH excluding ortho intramolecular Hbond substituents is 1. The van der Waals surface area contributed by atoms with Gasteiger partial charge in [0.05, 0.1) is 5.41 Å². The lowest BCUT2D eigenvalue weighted by atomic mass is 9.96. The zero-order valence-electron chi connectivity index (χ0n) is 7.26. The quantitative estimate of drug-likeness (QED) is 0.828. The molecule has 1 fully saturated rings. The van der Waals surface area contributed by atoms with Gasteiger partial charge in [0.1, 0.15) is 6.29 Å². The summed E-state index contributed by atoms with van der Waals surface area (Å²) in [5.41, 5.74) is -0.256. The first-order valence-electron chi connectivity index (χ1n) is 4.24. The van der Waals surface area contributed by atoms with E-state index in [0.29, 0.717) is 22.9 Å². The van der Waals surface area contributed by atoms with Crippen molar-refractivity contribution in [3.63, 3.8) is 0 Å². The summed E-state index contributed by atoms with van der Waals surface area (Å²) in [6, 6.07) is 2.78. The van der Waals surface area contributed by atoms with Gasteiger partial charge in [0, 0.05) is 10.0 Å². The molecule has 0 atom stereocenters. The van der Waals surface area contributed by atoms with Crippen molar-refractivity contribution in [2.75, 3.05) is 0 Å². The molecule has 74 valence electrons. The van der Waals surface area contributed by atoms with Crippen molar-refractivity contribution in [3.05, 3.63) is 28.0 Å². The van der Waals surface area contributed by atoms with Crippen molar-refractivity contribution in [2.45, 2.75) is 18.3 Å². The minimum atomic E-state index is -0.692. The van der Waals surface area contributed by atoms with Crippen molar-refractivity contribution in [1.29, 1.82) is 0 Å². The first-order valence-corrected chi connectivity index (χ1v) is 5.03. The monoisotopic (exact) mass is 258 g/mol. The largest absolute Gasteiger partial charge is 0.505 e. The number of benzene rings is 1. The van der Waals surface area contributed by atoms with Crippen LogP contribution >= 0.6 is 15.9 Å². The molecule has 0 aliphatic heterocycles. The second-order valence-electron chi connectivity index (χ2n) is 3.56. The van der Waals surface area contributed by atoms with E-state index in [0.717, 1.165) is 6.29 Å². The lowest BCUT2D eigenvalue weighted by Gasteiger charge is -2.10. The predicted molar refractivity (Wildman–Crippen MR) is 52.7 cm³/mol. The summed E-state index contributed by atoms with van der Waals surface area (Å²) in [4.78, 5) is 10.8. The van der Waals surface area contributed by atoms with Gasteiger partial charge in [0.2, 0.25) is 0 Å². The van der Waals surface area contributed by atoms with Gasteiger partial charge >= 0.3 is 0 Å². The Kier molecular flexibility index (Phi) is 2.10. The fourth-order valence-corrected chi connectivity index (χ4v) is 1.96. The number of hydrogen-bond donors (Lipinski definition) is 1. The lowest BCUT2D eigenvalue weighted by molar-refractivity contribution is -0.109. The molecule has 0 unspecified atom stereocenters. The Morgan fingerprint density at radius 1 is 1.50 bits per heavy atom. The number of carbonyl (C=O) groups is 1. The van der Waals surface area contributed by atoms with Crippen LogP contribution in [0.2, 0.25) is 0 Å². The SMILES string of the molecule is O=CC1(c2cc(Br)cc(F)c2O)CC1. The third kappa shape index (κ3) is 1.34. The number of aromatic hydroxyl groups is 1. The fraction of sp³-hybridized carbons (Fsp3) is 0.300. The van der Waals surface area contributed by atoms with Crippen molar-refractivity contribution in [2.24, 2.45) is 0 Å². The molecule has 1 saturated carbocycles. The number of aldehydes is 1.